The molecule has 184 valence electrons. The molecule has 0 saturated heterocycles. The van der Waals surface area contributed by atoms with Gasteiger partial charge < -0.3 is 14.6 Å². The Kier molecular flexibility index (Phi) is 14.1. The average molecular weight is 511 g/mol. The number of ether oxygens (including phenoxy) is 2. The summed E-state index contributed by atoms with van der Waals surface area (Å²) >= 11 is 9.53. The third kappa shape index (κ3) is 11.8. The summed E-state index contributed by atoms with van der Waals surface area (Å²) in [4.78, 5) is 0. The van der Waals surface area contributed by atoms with Crippen LogP contribution in [0.25, 0.3) is 0 Å². The summed E-state index contributed by atoms with van der Waals surface area (Å²) in [6, 6.07) is 36.0. The van der Waals surface area contributed by atoms with Gasteiger partial charge in [0.1, 0.15) is 24.7 Å². The van der Waals surface area contributed by atoms with Gasteiger partial charge in [0, 0.05) is 0 Å². The molecular formula is C30H32Cl2O3. The monoisotopic (exact) mass is 510 g/mol. The first-order chi connectivity index (χ1) is 17.2. The largest absolute Gasteiger partial charge is 0.489 e. The summed E-state index contributed by atoms with van der Waals surface area (Å²) in [6.45, 7) is 3.38. The van der Waals surface area contributed by atoms with E-state index in [1.807, 2.05) is 84.9 Å². The molecule has 4 rings (SSSR count). The van der Waals surface area contributed by atoms with E-state index in [2.05, 4.69) is 31.2 Å². The Morgan fingerprint density at radius 2 is 0.971 bits per heavy atom. The molecule has 0 atom stereocenters. The lowest BCUT2D eigenvalue weighted by molar-refractivity contribution is 0.278. The lowest BCUT2D eigenvalue weighted by atomic mass is 10.2. The number of aliphatic hydroxyl groups is 1. The van der Waals surface area contributed by atoms with Gasteiger partial charge in [-0.1, -0.05) is 91.9 Å². The first-order valence-electron chi connectivity index (χ1n) is 11.4. The van der Waals surface area contributed by atoms with Crippen molar-refractivity contribution in [3.63, 3.8) is 0 Å². The van der Waals surface area contributed by atoms with Gasteiger partial charge in [0.15, 0.2) is 0 Å². The minimum Gasteiger partial charge on any atom is -0.489 e. The predicted octanol–water partition coefficient (Wildman–Crippen LogP) is 8.01. The van der Waals surface area contributed by atoms with Gasteiger partial charge >= 0.3 is 0 Å². The first kappa shape index (κ1) is 28.3. The fourth-order valence-electron chi connectivity index (χ4n) is 3.07. The lowest BCUT2D eigenvalue weighted by Gasteiger charge is -2.07. The molecule has 0 heterocycles. The molecule has 0 bridgehead atoms. The first-order valence-corrected chi connectivity index (χ1v) is 12.5. The number of alkyl halides is 2. The fraction of sp³-hybridized carbons (Fsp3) is 0.200. The van der Waals surface area contributed by atoms with Crippen LogP contribution in [0, 0.1) is 0 Å². The number of aliphatic hydroxyl groups excluding tert-OH is 1. The summed E-state index contributed by atoms with van der Waals surface area (Å²) in [7, 11) is 0. The maximum Gasteiger partial charge on any atom is 0.120 e. The summed E-state index contributed by atoms with van der Waals surface area (Å²) in [6.07, 6.45) is 1.04. The van der Waals surface area contributed by atoms with Crippen molar-refractivity contribution in [1.82, 2.24) is 0 Å². The molecule has 0 aromatic heterocycles. The molecule has 4 aromatic carbocycles. The second-order valence-corrected chi connectivity index (χ2v) is 8.26. The Morgan fingerprint density at radius 1 is 0.571 bits per heavy atom. The zero-order valence-electron chi connectivity index (χ0n) is 19.9. The number of rotatable bonds is 8. The molecule has 4 aromatic rings. The van der Waals surface area contributed by atoms with Gasteiger partial charge in [-0.15, -0.1) is 23.2 Å². The van der Waals surface area contributed by atoms with Gasteiger partial charge in [-0.2, -0.15) is 0 Å². The average Bonchev–Trinajstić information content (AvgIpc) is 2.93. The zero-order valence-corrected chi connectivity index (χ0v) is 21.5. The van der Waals surface area contributed by atoms with E-state index in [1.54, 1.807) is 0 Å². The fourth-order valence-corrected chi connectivity index (χ4v) is 3.07. The number of benzene rings is 4. The number of halogens is 2. The van der Waals surface area contributed by atoms with Gasteiger partial charge in [-0.05, 0) is 52.9 Å². The van der Waals surface area contributed by atoms with Gasteiger partial charge in [0.2, 0.25) is 0 Å². The number of hydrogen-bond donors (Lipinski definition) is 1. The van der Waals surface area contributed by atoms with Crippen LogP contribution in [0.4, 0.5) is 0 Å². The highest BCUT2D eigenvalue weighted by Gasteiger charge is 1.98. The Labute approximate surface area is 218 Å². The molecule has 5 heteroatoms. The molecular weight excluding hydrogens is 479 g/mol. The van der Waals surface area contributed by atoms with Gasteiger partial charge in [-0.25, -0.2) is 0 Å². The maximum absolute atomic E-state index is 8.99. The van der Waals surface area contributed by atoms with Crippen molar-refractivity contribution >= 4 is 23.2 Å². The van der Waals surface area contributed by atoms with Gasteiger partial charge in [-0.3, -0.25) is 0 Å². The molecule has 0 aliphatic rings. The van der Waals surface area contributed by atoms with Gasteiger partial charge in [0.25, 0.3) is 0 Å². The van der Waals surface area contributed by atoms with Crippen molar-refractivity contribution < 1.29 is 14.6 Å². The second-order valence-electron chi connectivity index (χ2n) is 7.46. The minimum atomic E-state index is 0.0442. The van der Waals surface area contributed by atoms with E-state index in [0.717, 1.165) is 29.0 Å². The molecule has 0 spiro atoms. The van der Waals surface area contributed by atoms with Crippen LogP contribution in [0.2, 0.25) is 0 Å². The Balaban J connectivity index is 0.000000222. The molecule has 3 nitrogen and oxygen atoms in total. The van der Waals surface area contributed by atoms with Crippen molar-refractivity contribution in [2.75, 3.05) is 5.34 Å². The van der Waals surface area contributed by atoms with Gasteiger partial charge in [0.05, 0.1) is 11.9 Å². The quantitative estimate of drug-likeness (QED) is 0.244. The third-order valence-corrected chi connectivity index (χ3v) is 4.88. The summed E-state index contributed by atoms with van der Waals surface area (Å²) < 4.78 is 11.4. The van der Waals surface area contributed by atoms with Crippen LogP contribution >= 0.6 is 23.2 Å². The van der Waals surface area contributed by atoms with E-state index in [9.17, 15) is 0 Å². The van der Waals surface area contributed by atoms with E-state index in [-0.39, 0.29) is 11.9 Å². The van der Waals surface area contributed by atoms with Crippen LogP contribution < -0.4 is 9.47 Å². The molecule has 0 radical (unpaired) electrons. The van der Waals surface area contributed by atoms with Crippen molar-refractivity contribution in [2.24, 2.45) is 0 Å². The Hall–Kier alpha value is -2.98. The Morgan fingerprint density at radius 3 is 1.40 bits per heavy atom. The highest BCUT2D eigenvalue weighted by atomic mass is 35.5. The van der Waals surface area contributed by atoms with Crippen LogP contribution in [-0.2, 0) is 26.2 Å². The Bertz CT molecular complexity index is 986. The lowest BCUT2D eigenvalue weighted by Crippen LogP contribution is -1.95. The van der Waals surface area contributed by atoms with E-state index in [1.165, 1.54) is 11.1 Å². The van der Waals surface area contributed by atoms with E-state index in [4.69, 9.17) is 37.8 Å². The minimum absolute atomic E-state index is 0.0442. The van der Waals surface area contributed by atoms with E-state index in [0.29, 0.717) is 13.2 Å². The van der Waals surface area contributed by atoms with Crippen LogP contribution in [0.1, 0.15) is 29.2 Å². The van der Waals surface area contributed by atoms with Crippen molar-refractivity contribution in [3.8, 4) is 11.5 Å². The summed E-state index contributed by atoms with van der Waals surface area (Å²) in [5.74, 6) is 1.73. The maximum atomic E-state index is 8.99. The molecule has 0 saturated carbocycles. The van der Waals surface area contributed by atoms with Crippen molar-refractivity contribution in [2.45, 2.75) is 33.2 Å². The predicted molar refractivity (Wildman–Crippen MR) is 146 cm³/mol. The molecule has 0 aliphatic heterocycles. The molecule has 0 aliphatic carbocycles. The molecule has 1 N–H and O–H groups in total. The summed E-state index contributed by atoms with van der Waals surface area (Å²) in [5, 5.41) is 9.19. The molecule has 0 unspecified atom stereocenters. The second kappa shape index (κ2) is 17.5. The topological polar surface area (TPSA) is 38.7 Å². The van der Waals surface area contributed by atoms with Crippen LogP contribution in [-0.4, -0.2) is 10.4 Å². The molecule has 35 heavy (non-hydrogen) atoms. The van der Waals surface area contributed by atoms with Crippen LogP contribution in [0.3, 0.4) is 0 Å². The molecule has 0 amide bonds. The van der Waals surface area contributed by atoms with Crippen LogP contribution in [0.15, 0.2) is 109 Å². The van der Waals surface area contributed by atoms with Crippen molar-refractivity contribution in [3.05, 3.63) is 131 Å². The van der Waals surface area contributed by atoms with E-state index < -0.39 is 0 Å². The third-order valence-electron chi connectivity index (χ3n) is 4.88. The smallest absolute Gasteiger partial charge is 0.120 e. The normalized spacial score (nSPS) is 9.71. The highest BCUT2D eigenvalue weighted by molar-refractivity contribution is 6.40. The zero-order chi connectivity index (χ0) is 25.1. The molecule has 0 fully saturated rings. The number of hydrogen-bond acceptors (Lipinski definition) is 3. The van der Waals surface area contributed by atoms with Crippen molar-refractivity contribution in [1.29, 1.82) is 0 Å². The number of aryl methyl sites for hydroxylation is 1. The van der Waals surface area contributed by atoms with Crippen LogP contribution in [0.5, 0.6) is 11.5 Å². The van der Waals surface area contributed by atoms with E-state index >= 15 is 0 Å². The summed E-state index contributed by atoms with van der Waals surface area (Å²) in [5.41, 5.74) is 4.51. The standard InChI is InChI=1S/C15H16O.C14H14O2.CH2Cl2/c1-2-13-9-6-10-15(11-13)16-12-14-7-4-3-5-8-14;15-10-13-7-4-8-14(9-13)16-11-12-5-2-1-3-6-12;2-1-3/h3-11H,2,12H2,1H3;1-9,15H,10-11H2;1H2. The highest BCUT2D eigenvalue weighted by Crippen LogP contribution is 2.16. The SMILES string of the molecule is CCc1cccc(OCc2ccccc2)c1.ClCCl.OCc1cccc(OCc2ccccc2)c1.